The number of fused-ring (bicyclic) bond motifs is 1. The van der Waals surface area contributed by atoms with Gasteiger partial charge in [0.1, 0.15) is 12.4 Å². The van der Waals surface area contributed by atoms with Gasteiger partial charge < -0.3 is 0 Å². The number of allylic oxidation sites excluding steroid dienone is 4. The molecule has 4 heteroatoms. The summed E-state index contributed by atoms with van der Waals surface area (Å²) < 4.78 is 0. The molecule has 0 atom stereocenters. The second-order valence-electron chi connectivity index (χ2n) is 4.49. The van der Waals surface area contributed by atoms with E-state index in [1.165, 1.54) is 38.5 Å². The first-order valence-corrected chi connectivity index (χ1v) is 6.27. The highest BCUT2D eigenvalue weighted by molar-refractivity contribution is 6.51. The molecule has 0 bridgehead atoms. The lowest BCUT2D eigenvalue weighted by Crippen LogP contribution is -2.21. The van der Waals surface area contributed by atoms with E-state index >= 15 is 0 Å². The van der Waals surface area contributed by atoms with E-state index in [4.69, 9.17) is 10.6 Å². The van der Waals surface area contributed by atoms with Crippen LogP contribution >= 0.6 is 0 Å². The van der Waals surface area contributed by atoms with Crippen LogP contribution in [0.15, 0.2) is 28.9 Å². The van der Waals surface area contributed by atoms with E-state index in [1.54, 1.807) is 18.2 Å². The van der Waals surface area contributed by atoms with Crippen molar-refractivity contribution in [3.05, 3.63) is 23.9 Å². The predicted octanol–water partition coefficient (Wildman–Crippen LogP) is 2.90. The zero-order valence-electron chi connectivity index (χ0n) is 10.0. The zero-order chi connectivity index (χ0) is 12.1. The minimum atomic E-state index is 0.241. The molecule has 0 aromatic carbocycles. The Bertz CT molecular complexity index is 367. The smallest absolute Gasteiger partial charge is 0.136 e. The quantitative estimate of drug-likeness (QED) is 0.632. The molecular formula is C13H19N3O. The van der Waals surface area contributed by atoms with Crippen LogP contribution in [0.4, 0.5) is 0 Å². The Morgan fingerprint density at radius 1 is 1.12 bits per heavy atom. The number of aliphatic imine (C=N–C) groups is 1. The normalized spacial score (nSPS) is 22.4. The molecule has 17 heavy (non-hydrogen) atoms. The van der Waals surface area contributed by atoms with Gasteiger partial charge in [0.2, 0.25) is 0 Å². The van der Waals surface area contributed by atoms with Crippen LogP contribution in [-0.2, 0) is 0 Å². The molecule has 0 aromatic rings. The van der Waals surface area contributed by atoms with Crippen molar-refractivity contribution in [1.29, 1.82) is 5.41 Å². The van der Waals surface area contributed by atoms with Gasteiger partial charge in [-0.2, -0.15) is 0 Å². The van der Waals surface area contributed by atoms with Crippen LogP contribution < -0.4 is 0 Å². The number of rotatable bonds is 0. The molecule has 0 aromatic heterocycles. The Labute approximate surface area is 102 Å². The molecule has 0 saturated heterocycles. The molecule has 3 rings (SSSR count). The Kier molecular flexibility index (Phi) is 4.09. The average Bonchev–Trinajstić information content (AvgIpc) is 2.76. The fourth-order valence-corrected chi connectivity index (χ4v) is 2.18. The lowest BCUT2D eigenvalue weighted by molar-refractivity contribution is -0.0389. The van der Waals surface area contributed by atoms with Crippen LogP contribution in [-0.4, -0.2) is 28.4 Å². The molecule has 1 saturated carbocycles. The molecule has 4 nitrogen and oxygen atoms in total. The largest absolute Gasteiger partial charge is 0.299 e. The second-order valence-corrected chi connectivity index (χ2v) is 4.49. The summed E-state index contributed by atoms with van der Waals surface area (Å²) in [6, 6.07) is 0. The fourth-order valence-electron chi connectivity index (χ4n) is 2.18. The highest BCUT2D eigenvalue weighted by Crippen LogP contribution is 2.16. The summed E-state index contributed by atoms with van der Waals surface area (Å²) in [5.74, 6) is 0. The third kappa shape index (κ3) is 3.03. The molecule has 1 heterocycles. The lowest BCUT2D eigenvalue weighted by Gasteiger charge is -2.12. The molecule has 0 unspecified atom stereocenters. The standard InChI is InChI=1S/C7H7N3O.C6H12/c8-5-2-1-3-6-7(5)9-4-10(6)11;1-2-4-6-5-3-1/h1-3,8,11H,4H2;1-6H2. The van der Waals surface area contributed by atoms with Crippen molar-refractivity contribution in [1.82, 2.24) is 5.06 Å². The Hall–Kier alpha value is -1.42. The van der Waals surface area contributed by atoms with Gasteiger partial charge in [-0.25, -0.2) is 5.06 Å². The maximum Gasteiger partial charge on any atom is 0.136 e. The molecule has 1 fully saturated rings. The average molecular weight is 233 g/mol. The summed E-state index contributed by atoms with van der Waals surface area (Å²) in [6.45, 7) is 0.241. The van der Waals surface area contributed by atoms with Crippen LogP contribution in [0.3, 0.4) is 0 Å². The van der Waals surface area contributed by atoms with E-state index < -0.39 is 0 Å². The molecule has 0 radical (unpaired) electrons. The molecule has 92 valence electrons. The van der Waals surface area contributed by atoms with E-state index in [9.17, 15) is 0 Å². The first kappa shape index (κ1) is 12.0. The summed E-state index contributed by atoms with van der Waals surface area (Å²) in [5.41, 5.74) is 1.56. The molecular weight excluding hydrogens is 214 g/mol. The predicted molar refractivity (Wildman–Crippen MR) is 68.6 cm³/mol. The van der Waals surface area contributed by atoms with Gasteiger partial charge >= 0.3 is 0 Å². The van der Waals surface area contributed by atoms with E-state index in [1.807, 2.05) is 0 Å². The van der Waals surface area contributed by atoms with Gasteiger partial charge in [-0.1, -0.05) is 44.6 Å². The van der Waals surface area contributed by atoms with Gasteiger partial charge in [0.05, 0.1) is 11.4 Å². The minimum Gasteiger partial charge on any atom is -0.299 e. The second kappa shape index (κ2) is 5.77. The van der Waals surface area contributed by atoms with Crippen LogP contribution in [0.5, 0.6) is 0 Å². The monoisotopic (exact) mass is 233 g/mol. The van der Waals surface area contributed by atoms with Gasteiger partial charge in [0, 0.05) is 0 Å². The van der Waals surface area contributed by atoms with E-state index in [-0.39, 0.29) is 6.67 Å². The fraction of sp³-hybridized carbons (Fsp3) is 0.538. The SMILES string of the molecule is C1CCCCC1.N=C1C=CC=C2C1=NCN2O. The summed E-state index contributed by atoms with van der Waals surface area (Å²) >= 11 is 0. The number of hydroxylamine groups is 2. The third-order valence-corrected chi connectivity index (χ3v) is 3.16. The van der Waals surface area contributed by atoms with Crippen molar-refractivity contribution in [2.24, 2.45) is 4.99 Å². The lowest BCUT2D eigenvalue weighted by atomic mass is 10.0. The first-order chi connectivity index (χ1) is 8.29. The van der Waals surface area contributed by atoms with Crippen molar-refractivity contribution in [3.8, 4) is 0 Å². The van der Waals surface area contributed by atoms with Gasteiger partial charge in [-0.3, -0.25) is 15.6 Å². The number of hydrogen-bond donors (Lipinski definition) is 2. The van der Waals surface area contributed by atoms with Gasteiger partial charge in [0.15, 0.2) is 0 Å². The summed E-state index contributed by atoms with van der Waals surface area (Å²) in [7, 11) is 0. The third-order valence-electron chi connectivity index (χ3n) is 3.16. The maximum absolute atomic E-state index is 9.16. The first-order valence-electron chi connectivity index (χ1n) is 6.27. The van der Waals surface area contributed by atoms with Crippen LogP contribution in [0, 0.1) is 5.41 Å². The number of nitrogens with zero attached hydrogens (tertiary/aromatic N) is 2. The summed E-state index contributed by atoms with van der Waals surface area (Å²) in [6.07, 6.45) is 14.1. The molecule has 0 spiro atoms. The van der Waals surface area contributed by atoms with E-state index in [0.717, 1.165) is 5.06 Å². The Balaban J connectivity index is 0.000000153. The van der Waals surface area contributed by atoms with Crippen LogP contribution in [0.2, 0.25) is 0 Å². The van der Waals surface area contributed by atoms with Crippen molar-refractivity contribution in [2.45, 2.75) is 38.5 Å². The molecule has 2 aliphatic carbocycles. The summed E-state index contributed by atoms with van der Waals surface area (Å²) in [5, 5.41) is 17.6. The van der Waals surface area contributed by atoms with E-state index in [2.05, 4.69) is 4.99 Å². The highest BCUT2D eigenvalue weighted by atomic mass is 16.5. The molecule has 1 aliphatic heterocycles. The Morgan fingerprint density at radius 2 is 1.71 bits per heavy atom. The van der Waals surface area contributed by atoms with E-state index in [0.29, 0.717) is 17.1 Å². The molecule has 0 amide bonds. The van der Waals surface area contributed by atoms with Crippen LogP contribution in [0.25, 0.3) is 0 Å². The topological polar surface area (TPSA) is 59.7 Å². The molecule has 2 N–H and O–H groups in total. The van der Waals surface area contributed by atoms with Crippen molar-refractivity contribution in [3.63, 3.8) is 0 Å². The summed E-state index contributed by atoms with van der Waals surface area (Å²) in [4.78, 5) is 3.97. The van der Waals surface area contributed by atoms with Crippen molar-refractivity contribution in [2.75, 3.05) is 6.67 Å². The zero-order valence-corrected chi connectivity index (χ0v) is 10.0. The van der Waals surface area contributed by atoms with Crippen molar-refractivity contribution < 1.29 is 5.21 Å². The van der Waals surface area contributed by atoms with Gasteiger partial charge in [0.25, 0.3) is 0 Å². The number of nitrogens with one attached hydrogen (secondary N) is 1. The highest BCUT2D eigenvalue weighted by Gasteiger charge is 2.23. The maximum atomic E-state index is 9.16. The molecule has 3 aliphatic rings. The van der Waals surface area contributed by atoms with Crippen molar-refractivity contribution >= 4 is 11.4 Å². The minimum absolute atomic E-state index is 0.241. The van der Waals surface area contributed by atoms with Crippen LogP contribution in [0.1, 0.15) is 38.5 Å². The van der Waals surface area contributed by atoms with Gasteiger partial charge in [-0.15, -0.1) is 0 Å². The number of hydrogen-bond acceptors (Lipinski definition) is 4. The Morgan fingerprint density at radius 3 is 2.24 bits per heavy atom. The van der Waals surface area contributed by atoms with Gasteiger partial charge in [-0.05, 0) is 12.2 Å².